The van der Waals surface area contributed by atoms with Crippen LogP contribution < -0.4 is 5.32 Å². The number of nitrogens with one attached hydrogen (secondary N) is 1. The lowest BCUT2D eigenvalue weighted by molar-refractivity contribution is -0.145. The summed E-state index contributed by atoms with van der Waals surface area (Å²) in [5.41, 5.74) is 0. The lowest BCUT2D eigenvalue weighted by Crippen LogP contribution is -2.32. The van der Waals surface area contributed by atoms with E-state index in [0.29, 0.717) is 25.7 Å². The smallest absolute Gasteiger partial charge is 0.308 e. The second-order valence-electron chi connectivity index (χ2n) is 4.85. The van der Waals surface area contributed by atoms with E-state index in [-0.39, 0.29) is 5.97 Å². The average Bonchev–Trinajstić information content (AvgIpc) is 2.40. The predicted molar refractivity (Wildman–Crippen MR) is 71.6 cm³/mol. The van der Waals surface area contributed by atoms with Gasteiger partial charge in [0.05, 0.1) is 25.7 Å². The molecule has 18 heavy (non-hydrogen) atoms. The number of piperidine rings is 1. The van der Waals surface area contributed by atoms with Crippen LogP contribution in [-0.4, -0.2) is 38.4 Å². The van der Waals surface area contributed by atoms with Crippen LogP contribution in [0.25, 0.3) is 0 Å². The molecule has 0 amide bonds. The molecule has 0 unspecified atom stereocenters. The number of unbranched alkanes of at least 4 members (excludes halogenated alkanes) is 3. The van der Waals surface area contributed by atoms with E-state index in [1.54, 1.807) is 0 Å². The first-order valence-electron chi connectivity index (χ1n) is 7.31. The van der Waals surface area contributed by atoms with Crippen LogP contribution in [0.1, 0.15) is 51.9 Å². The highest BCUT2D eigenvalue weighted by Crippen LogP contribution is 2.07. The molecule has 106 valence electrons. The van der Waals surface area contributed by atoms with Crippen LogP contribution in [0.2, 0.25) is 0 Å². The maximum atomic E-state index is 11.4. The van der Waals surface area contributed by atoms with Gasteiger partial charge in [0.15, 0.2) is 0 Å². The van der Waals surface area contributed by atoms with Gasteiger partial charge in [-0.05, 0) is 32.4 Å². The van der Waals surface area contributed by atoms with Gasteiger partial charge < -0.3 is 14.8 Å². The van der Waals surface area contributed by atoms with Gasteiger partial charge in [-0.25, -0.2) is 0 Å². The minimum atomic E-state index is -0.125. The Morgan fingerprint density at radius 1 is 1.17 bits per heavy atom. The Hall–Kier alpha value is -0.610. The van der Waals surface area contributed by atoms with Crippen molar-refractivity contribution in [1.82, 2.24) is 5.32 Å². The van der Waals surface area contributed by atoms with E-state index in [4.69, 9.17) is 9.47 Å². The van der Waals surface area contributed by atoms with Gasteiger partial charge in [0.25, 0.3) is 0 Å². The summed E-state index contributed by atoms with van der Waals surface area (Å²) in [4.78, 5) is 11.4. The van der Waals surface area contributed by atoms with Crippen LogP contribution in [0, 0.1) is 0 Å². The van der Waals surface area contributed by atoms with Crippen molar-refractivity contribution in [2.24, 2.45) is 0 Å². The number of esters is 1. The minimum absolute atomic E-state index is 0.125. The summed E-state index contributed by atoms with van der Waals surface area (Å²) in [5.74, 6) is -0.125. The molecule has 0 aromatic heterocycles. The molecule has 1 heterocycles. The summed E-state index contributed by atoms with van der Waals surface area (Å²) in [6, 6.07) is 0. The third kappa shape index (κ3) is 7.67. The Bertz CT molecular complexity index is 215. The lowest BCUT2D eigenvalue weighted by Gasteiger charge is -2.22. The first kappa shape index (κ1) is 15.4. The van der Waals surface area contributed by atoms with Crippen LogP contribution in [0.15, 0.2) is 0 Å². The zero-order valence-corrected chi connectivity index (χ0v) is 11.6. The number of carbonyl (C=O) groups is 1. The maximum absolute atomic E-state index is 11.4. The van der Waals surface area contributed by atoms with Crippen molar-refractivity contribution >= 4 is 5.97 Å². The third-order valence-corrected chi connectivity index (χ3v) is 3.21. The molecule has 0 bridgehead atoms. The molecular formula is C14H27NO3. The molecule has 0 radical (unpaired) electrons. The van der Waals surface area contributed by atoms with E-state index in [9.17, 15) is 4.79 Å². The lowest BCUT2D eigenvalue weighted by atomic mass is 10.1. The summed E-state index contributed by atoms with van der Waals surface area (Å²) in [6.45, 7) is 5.27. The predicted octanol–water partition coefficient (Wildman–Crippen LogP) is 2.27. The van der Waals surface area contributed by atoms with Crippen LogP contribution in [0.5, 0.6) is 0 Å². The quantitative estimate of drug-likeness (QED) is 0.508. The highest BCUT2D eigenvalue weighted by molar-refractivity contribution is 5.69. The number of ether oxygens (including phenoxy) is 2. The van der Waals surface area contributed by atoms with Crippen molar-refractivity contribution in [2.45, 2.75) is 58.0 Å². The molecular weight excluding hydrogens is 230 g/mol. The summed E-state index contributed by atoms with van der Waals surface area (Å²) in [5, 5.41) is 3.29. The fourth-order valence-electron chi connectivity index (χ4n) is 2.06. The Kier molecular flexibility index (Phi) is 8.86. The van der Waals surface area contributed by atoms with Gasteiger partial charge in [0.1, 0.15) is 0 Å². The summed E-state index contributed by atoms with van der Waals surface area (Å²) < 4.78 is 10.8. The molecule has 4 nitrogen and oxygen atoms in total. The molecule has 0 aliphatic carbocycles. The molecule has 4 heteroatoms. The molecule has 1 fully saturated rings. The molecule has 0 atom stereocenters. The van der Waals surface area contributed by atoms with E-state index >= 15 is 0 Å². The van der Waals surface area contributed by atoms with Crippen molar-refractivity contribution in [3.8, 4) is 0 Å². The van der Waals surface area contributed by atoms with Gasteiger partial charge in [-0.1, -0.05) is 26.2 Å². The number of hydrogen-bond acceptors (Lipinski definition) is 4. The molecule has 1 saturated heterocycles. The maximum Gasteiger partial charge on any atom is 0.308 e. The summed E-state index contributed by atoms with van der Waals surface area (Å²) >= 11 is 0. The molecule has 0 aromatic rings. The van der Waals surface area contributed by atoms with E-state index in [1.807, 2.05) is 0 Å². The minimum Gasteiger partial charge on any atom is -0.466 e. The van der Waals surface area contributed by atoms with Gasteiger partial charge in [-0.3, -0.25) is 4.79 Å². The highest BCUT2D eigenvalue weighted by atomic mass is 16.5. The number of carbonyl (C=O) groups excluding carboxylic acids is 1. The first-order valence-corrected chi connectivity index (χ1v) is 7.31. The van der Waals surface area contributed by atoms with Crippen molar-refractivity contribution in [1.29, 1.82) is 0 Å². The molecule has 1 rings (SSSR count). The Labute approximate surface area is 110 Å². The average molecular weight is 257 g/mol. The molecule has 1 aliphatic rings. The van der Waals surface area contributed by atoms with Crippen molar-refractivity contribution in [3.05, 3.63) is 0 Å². The van der Waals surface area contributed by atoms with Gasteiger partial charge in [0.2, 0.25) is 0 Å². The second-order valence-corrected chi connectivity index (χ2v) is 4.85. The fraction of sp³-hybridized carbons (Fsp3) is 0.929. The van der Waals surface area contributed by atoms with Gasteiger partial charge in [-0.2, -0.15) is 0 Å². The Morgan fingerprint density at radius 3 is 2.67 bits per heavy atom. The molecule has 0 spiro atoms. The van der Waals surface area contributed by atoms with Gasteiger partial charge in [-0.15, -0.1) is 0 Å². The number of hydrogen-bond donors (Lipinski definition) is 1. The monoisotopic (exact) mass is 257 g/mol. The molecule has 0 aromatic carbocycles. The highest BCUT2D eigenvalue weighted by Gasteiger charge is 2.13. The van der Waals surface area contributed by atoms with Crippen LogP contribution in [0.4, 0.5) is 0 Å². The standard InChI is InChI=1S/C14H27NO3/c1-2-3-4-5-11-18-14(16)8-12-17-13-6-9-15-10-7-13/h13,15H,2-12H2,1H3. The van der Waals surface area contributed by atoms with Crippen LogP contribution in [0.3, 0.4) is 0 Å². The fourth-order valence-corrected chi connectivity index (χ4v) is 2.06. The third-order valence-electron chi connectivity index (χ3n) is 3.21. The van der Waals surface area contributed by atoms with Crippen molar-refractivity contribution in [3.63, 3.8) is 0 Å². The van der Waals surface area contributed by atoms with E-state index < -0.39 is 0 Å². The van der Waals surface area contributed by atoms with Gasteiger partial charge >= 0.3 is 5.97 Å². The molecule has 0 saturated carbocycles. The largest absolute Gasteiger partial charge is 0.466 e. The summed E-state index contributed by atoms with van der Waals surface area (Å²) in [7, 11) is 0. The number of rotatable bonds is 9. The van der Waals surface area contributed by atoms with Crippen molar-refractivity contribution in [2.75, 3.05) is 26.3 Å². The summed E-state index contributed by atoms with van der Waals surface area (Å²) in [6.07, 6.45) is 7.36. The molecule has 1 aliphatic heterocycles. The zero-order chi connectivity index (χ0) is 13.1. The van der Waals surface area contributed by atoms with Crippen LogP contribution in [-0.2, 0) is 14.3 Å². The van der Waals surface area contributed by atoms with Crippen LogP contribution >= 0.6 is 0 Å². The topological polar surface area (TPSA) is 47.6 Å². The van der Waals surface area contributed by atoms with E-state index in [2.05, 4.69) is 12.2 Å². The Morgan fingerprint density at radius 2 is 1.94 bits per heavy atom. The van der Waals surface area contributed by atoms with E-state index in [1.165, 1.54) is 12.8 Å². The van der Waals surface area contributed by atoms with Crippen molar-refractivity contribution < 1.29 is 14.3 Å². The normalized spacial score (nSPS) is 16.7. The zero-order valence-electron chi connectivity index (χ0n) is 11.6. The SMILES string of the molecule is CCCCCCOC(=O)CCOC1CCNCC1. The second kappa shape index (κ2) is 10.3. The van der Waals surface area contributed by atoms with Gasteiger partial charge in [0, 0.05) is 0 Å². The van der Waals surface area contributed by atoms with E-state index in [0.717, 1.165) is 38.8 Å². The first-order chi connectivity index (χ1) is 8.83. The molecule has 1 N–H and O–H groups in total. The Balaban J connectivity index is 1.89.